The van der Waals surface area contributed by atoms with Gasteiger partial charge < -0.3 is 5.11 Å². The first-order valence-corrected chi connectivity index (χ1v) is 8.06. The predicted octanol–water partition coefficient (Wildman–Crippen LogP) is 3.69. The van der Waals surface area contributed by atoms with Crippen molar-refractivity contribution in [2.45, 2.75) is 25.0 Å². The van der Waals surface area contributed by atoms with E-state index in [1.165, 1.54) is 29.9 Å². The van der Waals surface area contributed by atoms with Crippen LogP contribution in [0.25, 0.3) is 5.76 Å². The molecule has 90 valence electrons. The van der Waals surface area contributed by atoms with E-state index in [1.54, 1.807) is 0 Å². The van der Waals surface area contributed by atoms with Gasteiger partial charge in [-0.3, -0.25) is 0 Å². The van der Waals surface area contributed by atoms with Crippen molar-refractivity contribution in [2.24, 2.45) is 5.92 Å². The van der Waals surface area contributed by atoms with Crippen molar-refractivity contribution < 1.29 is 5.11 Å². The number of benzene rings is 1. The lowest BCUT2D eigenvalue weighted by Crippen LogP contribution is -2.25. The van der Waals surface area contributed by atoms with Crippen LogP contribution in [-0.2, 0) is 10.9 Å². The van der Waals surface area contributed by atoms with Gasteiger partial charge in [0.05, 0.1) is 0 Å². The molecule has 0 radical (unpaired) electrons. The number of aliphatic hydroxyl groups is 1. The van der Waals surface area contributed by atoms with Crippen LogP contribution in [0, 0.1) is 5.92 Å². The Balaban J connectivity index is 2.04. The molecule has 2 atom stereocenters. The maximum Gasteiger partial charge on any atom is 0.150 e. The standard InChI is InChI=1S/C15H18OS/c1-11-10-14(16)12-6-2-3-7-13(12)15(11)17-8-4-5-9-17/h2-3,6-7,10-11,15H,4-5,8-9H2,1H3/p+1. The number of aliphatic hydroxyl groups excluding tert-OH is 1. The molecule has 1 saturated heterocycles. The number of hydrogen-bond donors (Lipinski definition) is 1. The fourth-order valence-corrected chi connectivity index (χ4v) is 6.21. The Kier molecular flexibility index (Phi) is 2.91. The fourth-order valence-electron chi connectivity index (χ4n) is 3.10. The highest BCUT2D eigenvalue weighted by Gasteiger charge is 2.41. The third-order valence-corrected chi connectivity index (χ3v) is 6.89. The highest BCUT2D eigenvalue weighted by Crippen LogP contribution is 2.43. The SMILES string of the molecule is CC1C=C(O)c2ccccc2C1[S+]1CCCC1. The quantitative estimate of drug-likeness (QED) is 0.750. The summed E-state index contributed by atoms with van der Waals surface area (Å²) in [4.78, 5) is 0. The van der Waals surface area contributed by atoms with Crippen molar-refractivity contribution in [1.29, 1.82) is 0 Å². The van der Waals surface area contributed by atoms with E-state index >= 15 is 0 Å². The van der Waals surface area contributed by atoms with Crippen molar-refractivity contribution in [3.63, 3.8) is 0 Å². The minimum atomic E-state index is 0.478. The molecule has 2 aliphatic rings. The zero-order chi connectivity index (χ0) is 11.8. The van der Waals surface area contributed by atoms with Gasteiger partial charge in [-0.15, -0.1) is 0 Å². The number of hydrogen-bond acceptors (Lipinski definition) is 1. The van der Waals surface area contributed by atoms with Crippen molar-refractivity contribution >= 4 is 16.7 Å². The summed E-state index contributed by atoms with van der Waals surface area (Å²) >= 11 is 0. The Bertz CT molecular complexity index is 446. The molecule has 0 amide bonds. The topological polar surface area (TPSA) is 20.2 Å². The molecule has 1 heterocycles. The summed E-state index contributed by atoms with van der Waals surface area (Å²) in [5, 5.41) is 10.7. The summed E-state index contributed by atoms with van der Waals surface area (Å²) in [5.74, 6) is 3.73. The van der Waals surface area contributed by atoms with Gasteiger partial charge in [0, 0.05) is 17.0 Å². The van der Waals surface area contributed by atoms with Crippen molar-refractivity contribution in [2.75, 3.05) is 11.5 Å². The highest BCUT2D eigenvalue weighted by atomic mass is 32.2. The molecule has 2 unspecified atom stereocenters. The summed E-state index contributed by atoms with van der Waals surface area (Å²) < 4.78 is 0. The van der Waals surface area contributed by atoms with Gasteiger partial charge in [0.1, 0.15) is 22.5 Å². The summed E-state index contributed by atoms with van der Waals surface area (Å²) in [5.41, 5.74) is 2.44. The first-order chi connectivity index (χ1) is 8.27. The molecule has 1 aromatic carbocycles. The van der Waals surface area contributed by atoms with Crippen LogP contribution in [0.4, 0.5) is 0 Å². The Morgan fingerprint density at radius 2 is 1.88 bits per heavy atom. The number of fused-ring (bicyclic) bond motifs is 1. The molecule has 1 nitrogen and oxygen atoms in total. The molecule has 0 aromatic heterocycles. The van der Waals surface area contributed by atoms with E-state index in [2.05, 4.69) is 31.2 Å². The van der Waals surface area contributed by atoms with E-state index in [0.717, 1.165) is 5.56 Å². The molecular weight excluding hydrogens is 228 g/mol. The molecule has 1 N–H and O–H groups in total. The van der Waals surface area contributed by atoms with Gasteiger partial charge in [-0.2, -0.15) is 0 Å². The third kappa shape index (κ3) is 1.89. The smallest absolute Gasteiger partial charge is 0.150 e. The van der Waals surface area contributed by atoms with Gasteiger partial charge >= 0.3 is 0 Å². The van der Waals surface area contributed by atoms with E-state index < -0.39 is 0 Å². The van der Waals surface area contributed by atoms with Gasteiger partial charge in [-0.05, 0) is 29.8 Å². The van der Waals surface area contributed by atoms with Crippen LogP contribution >= 0.6 is 0 Å². The molecule has 17 heavy (non-hydrogen) atoms. The molecular formula is C15H19OS+. The average Bonchev–Trinajstić information content (AvgIpc) is 2.83. The molecule has 1 fully saturated rings. The van der Waals surface area contributed by atoms with Crippen LogP contribution in [0.2, 0.25) is 0 Å². The van der Waals surface area contributed by atoms with Crippen LogP contribution in [0.15, 0.2) is 30.3 Å². The zero-order valence-corrected chi connectivity index (χ0v) is 11.0. The van der Waals surface area contributed by atoms with Gasteiger partial charge in [-0.1, -0.05) is 31.2 Å². The number of rotatable bonds is 1. The Morgan fingerprint density at radius 1 is 1.18 bits per heavy atom. The lowest BCUT2D eigenvalue weighted by molar-refractivity contribution is 0.494. The van der Waals surface area contributed by atoms with E-state index in [-0.39, 0.29) is 0 Å². The highest BCUT2D eigenvalue weighted by molar-refractivity contribution is 7.97. The Labute approximate surface area is 106 Å². The van der Waals surface area contributed by atoms with Gasteiger partial charge in [0.25, 0.3) is 0 Å². The molecule has 1 aromatic rings. The summed E-state index contributed by atoms with van der Waals surface area (Å²) in [6, 6.07) is 8.40. The monoisotopic (exact) mass is 247 g/mol. The Morgan fingerprint density at radius 3 is 2.65 bits per heavy atom. The molecule has 0 spiro atoms. The second-order valence-electron chi connectivity index (χ2n) is 5.07. The molecule has 1 aliphatic heterocycles. The second kappa shape index (κ2) is 4.41. The maximum absolute atomic E-state index is 10.1. The Hall–Kier alpha value is -0.890. The lowest BCUT2D eigenvalue weighted by Gasteiger charge is -2.27. The van der Waals surface area contributed by atoms with Crippen molar-refractivity contribution in [3.05, 3.63) is 41.5 Å². The summed E-state index contributed by atoms with van der Waals surface area (Å²) in [6.07, 6.45) is 4.84. The van der Waals surface area contributed by atoms with Gasteiger partial charge in [-0.25, -0.2) is 0 Å². The minimum Gasteiger partial charge on any atom is -0.508 e. The largest absolute Gasteiger partial charge is 0.508 e. The summed E-state index contributed by atoms with van der Waals surface area (Å²) in [6.45, 7) is 2.25. The normalized spacial score (nSPS) is 28.9. The minimum absolute atomic E-state index is 0.478. The zero-order valence-electron chi connectivity index (χ0n) is 10.2. The molecule has 0 bridgehead atoms. The fraction of sp³-hybridized carbons (Fsp3) is 0.467. The van der Waals surface area contributed by atoms with E-state index in [9.17, 15) is 5.11 Å². The van der Waals surface area contributed by atoms with Crippen LogP contribution in [-0.4, -0.2) is 16.6 Å². The third-order valence-electron chi connectivity index (χ3n) is 3.86. The summed E-state index contributed by atoms with van der Waals surface area (Å²) in [7, 11) is 0.524. The average molecular weight is 247 g/mol. The second-order valence-corrected chi connectivity index (χ2v) is 7.47. The predicted molar refractivity (Wildman–Crippen MR) is 75.3 cm³/mol. The van der Waals surface area contributed by atoms with Crippen molar-refractivity contribution in [1.82, 2.24) is 0 Å². The maximum atomic E-state index is 10.1. The molecule has 0 saturated carbocycles. The molecule has 1 aliphatic carbocycles. The first-order valence-electron chi connectivity index (χ1n) is 6.44. The van der Waals surface area contributed by atoms with Gasteiger partial charge in [0.2, 0.25) is 0 Å². The molecule has 3 rings (SSSR count). The lowest BCUT2D eigenvalue weighted by atomic mass is 9.89. The van der Waals surface area contributed by atoms with Crippen molar-refractivity contribution in [3.8, 4) is 0 Å². The van der Waals surface area contributed by atoms with Crippen LogP contribution in [0.1, 0.15) is 36.1 Å². The van der Waals surface area contributed by atoms with E-state index in [4.69, 9.17) is 0 Å². The number of allylic oxidation sites excluding steroid dienone is 1. The first kappa shape index (κ1) is 11.2. The van der Waals surface area contributed by atoms with Gasteiger partial charge in [0.15, 0.2) is 0 Å². The van der Waals surface area contributed by atoms with E-state index in [0.29, 0.717) is 27.8 Å². The molecule has 2 heteroatoms. The van der Waals surface area contributed by atoms with Crippen LogP contribution < -0.4 is 0 Å². The van der Waals surface area contributed by atoms with Crippen LogP contribution in [0.5, 0.6) is 0 Å². The van der Waals surface area contributed by atoms with Crippen LogP contribution in [0.3, 0.4) is 0 Å². The van der Waals surface area contributed by atoms with E-state index in [1.807, 2.05) is 6.07 Å².